The van der Waals surface area contributed by atoms with Gasteiger partial charge in [-0.25, -0.2) is 14.1 Å². The second kappa shape index (κ2) is 8.82. The Balaban J connectivity index is 2.05. The maximum atomic E-state index is 14.2. The highest BCUT2D eigenvalue weighted by atomic mass is 127. The number of urea groups is 1. The van der Waals surface area contributed by atoms with Gasteiger partial charge in [0, 0.05) is 0 Å². The number of rotatable bonds is 5. The van der Waals surface area contributed by atoms with E-state index < -0.39 is 23.7 Å². The van der Waals surface area contributed by atoms with Gasteiger partial charge in [0.15, 0.2) is 11.5 Å². The first-order chi connectivity index (χ1) is 14.2. The zero-order valence-corrected chi connectivity index (χ0v) is 18.5. The van der Waals surface area contributed by atoms with Gasteiger partial charge in [-0.15, -0.1) is 0 Å². The Morgan fingerprint density at radius 3 is 2.50 bits per heavy atom. The fourth-order valence-corrected chi connectivity index (χ4v) is 3.60. The van der Waals surface area contributed by atoms with Crippen molar-refractivity contribution >= 4 is 52.2 Å². The predicted molar refractivity (Wildman–Crippen MR) is 117 cm³/mol. The minimum atomic E-state index is -1.01. The van der Waals surface area contributed by atoms with Crippen LogP contribution in [0.3, 0.4) is 0 Å². The molecule has 0 atom stereocenters. The standard InChI is InChI=1S/C21H18FIN2O5/c1-11(2)30-18-15(23)9-12(10-17(18)29-3)8-13-19(26)24-21(28)25(20(13)27)16-7-5-4-6-14(16)22/h4-11H,1-3H3,(H,24,26,28)/b13-8-. The SMILES string of the molecule is COc1cc(/C=C2/C(=O)NC(=O)N(c3ccccc3F)C2=O)cc(I)c1OC(C)C. The molecule has 156 valence electrons. The molecule has 0 unspecified atom stereocenters. The lowest BCUT2D eigenvalue weighted by molar-refractivity contribution is -0.122. The van der Waals surface area contributed by atoms with Crippen molar-refractivity contribution in [3.63, 3.8) is 0 Å². The maximum Gasteiger partial charge on any atom is 0.336 e. The number of barbiturate groups is 1. The van der Waals surface area contributed by atoms with Crippen LogP contribution in [0.15, 0.2) is 42.0 Å². The first-order valence-corrected chi connectivity index (χ1v) is 10.0. The van der Waals surface area contributed by atoms with Crippen LogP contribution in [0.2, 0.25) is 0 Å². The van der Waals surface area contributed by atoms with Crippen LogP contribution in [0.4, 0.5) is 14.9 Å². The largest absolute Gasteiger partial charge is 0.493 e. The number of nitrogens with one attached hydrogen (secondary N) is 1. The molecule has 0 aromatic heterocycles. The highest BCUT2D eigenvalue weighted by Crippen LogP contribution is 2.35. The van der Waals surface area contributed by atoms with Crippen molar-refractivity contribution in [3.05, 3.63) is 56.9 Å². The molecule has 0 radical (unpaired) electrons. The Kier molecular flexibility index (Phi) is 6.40. The molecule has 3 rings (SSSR count). The Hall–Kier alpha value is -2.95. The van der Waals surface area contributed by atoms with Crippen molar-refractivity contribution in [3.8, 4) is 11.5 Å². The number of carbonyl (C=O) groups is 3. The fourth-order valence-electron chi connectivity index (χ4n) is 2.85. The Labute approximate surface area is 186 Å². The number of anilines is 1. The van der Waals surface area contributed by atoms with Crippen LogP contribution in [0, 0.1) is 9.39 Å². The van der Waals surface area contributed by atoms with E-state index in [0.717, 1.165) is 6.07 Å². The van der Waals surface area contributed by atoms with Gasteiger partial charge in [0.05, 0.1) is 22.5 Å². The molecular weight excluding hydrogens is 506 g/mol. The number of nitrogens with zero attached hydrogens (tertiary/aromatic N) is 1. The molecule has 7 nitrogen and oxygen atoms in total. The van der Waals surface area contributed by atoms with Crippen LogP contribution < -0.4 is 19.7 Å². The zero-order chi connectivity index (χ0) is 22.0. The van der Waals surface area contributed by atoms with E-state index in [1.165, 1.54) is 31.4 Å². The molecule has 2 aromatic carbocycles. The Bertz CT molecular complexity index is 1070. The topological polar surface area (TPSA) is 84.9 Å². The summed E-state index contributed by atoms with van der Waals surface area (Å²) in [5.41, 5.74) is -0.0758. The summed E-state index contributed by atoms with van der Waals surface area (Å²) in [6.45, 7) is 3.76. The number of ether oxygens (including phenoxy) is 2. The fraction of sp³-hybridized carbons (Fsp3) is 0.190. The number of hydrogen-bond acceptors (Lipinski definition) is 5. The first kappa shape index (κ1) is 21.8. The van der Waals surface area contributed by atoms with E-state index in [1.54, 1.807) is 12.1 Å². The average molecular weight is 524 g/mol. The number of hydrogen-bond donors (Lipinski definition) is 1. The molecule has 1 fully saturated rings. The predicted octanol–water partition coefficient (Wildman–Crippen LogP) is 3.89. The molecule has 0 saturated carbocycles. The Morgan fingerprint density at radius 1 is 1.17 bits per heavy atom. The van der Waals surface area contributed by atoms with E-state index in [2.05, 4.69) is 27.9 Å². The summed E-state index contributed by atoms with van der Waals surface area (Å²) in [5.74, 6) is -1.59. The number of para-hydroxylation sites is 1. The number of halogens is 2. The van der Waals surface area contributed by atoms with Crippen LogP contribution in [0.1, 0.15) is 19.4 Å². The van der Waals surface area contributed by atoms with Gasteiger partial charge in [0.25, 0.3) is 11.8 Å². The van der Waals surface area contributed by atoms with Crippen molar-refractivity contribution in [2.24, 2.45) is 0 Å². The lowest BCUT2D eigenvalue weighted by Crippen LogP contribution is -2.54. The minimum absolute atomic E-state index is 0.0809. The molecule has 0 bridgehead atoms. The summed E-state index contributed by atoms with van der Waals surface area (Å²) in [4.78, 5) is 38.0. The molecule has 9 heteroatoms. The van der Waals surface area contributed by atoms with Gasteiger partial charge in [-0.1, -0.05) is 12.1 Å². The maximum absolute atomic E-state index is 14.2. The van der Waals surface area contributed by atoms with Gasteiger partial charge in [0.2, 0.25) is 0 Å². The molecule has 1 aliphatic heterocycles. The summed E-state index contributed by atoms with van der Waals surface area (Å²) < 4.78 is 26.0. The molecule has 4 amide bonds. The quantitative estimate of drug-likeness (QED) is 0.365. The monoisotopic (exact) mass is 524 g/mol. The van der Waals surface area contributed by atoms with Crippen LogP contribution in [-0.2, 0) is 9.59 Å². The van der Waals surface area contributed by atoms with Crippen LogP contribution in [0.25, 0.3) is 6.08 Å². The number of amides is 4. The van der Waals surface area contributed by atoms with Crippen LogP contribution in [0.5, 0.6) is 11.5 Å². The number of benzene rings is 2. The van der Waals surface area contributed by atoms with Crippen molar-refractivity contribution in [2.45, 2.75) is 20.0 Å². The number of methoxy groups -OCH3 is 1. The zero-order valence-electron chi connectivity index (χ0n) is 16.4. The number of carbonyl (C=O) groups excluding carboxylic acids is 3. The Morgan fingerprint density at radius 2 is 1.87 bits per heavy atom. The second-order valence-corrected chi connectivity index (χ2v) is 7.77. The highest BCUT2D eigenvalue weighted by molar-refractivity contribution is 14.1. The summed E-state index contributed by atoms with van der Waals surface area (Å²) >= 11 is 2.06. The second-order valence-electron chi connectivity index (χ2n) is 6.61. The lowest BCUT2D eigenvalue weighted by atomic mass is 10.1. The van der Waals surface area contributed by atoms with E-state index in [0.29, 0.717) is 25.5 Å². The summed E-state index contributed by atoms with van der Waals surface area (Å²) in [5, 5.41) is 2.07. The van der Waals surface area contributed by atoms with Crippen molar-refractivity contribution in [1.82, 2.24) is 5.32 Å². The third-order valence-electron chi connectivity index (χ3n) is 4.11. The molecule has 1 aliphatic rings. The van der Waals surface area contributed by atoms with Gasteiger partial charge in [-0.3, -0.25) is 14.9 Å². The van der Waals surface area contributed by atoms with Crippen molar-refractivity contribution in [2.75, 3.05) is 12.0 Å². The molecule has 1 saturated heterocycles. The van der Waals surface area contributed by atoms with E-state index in [4.69, 9.17) is 9.47 Å². The molecule has 0 spiro atoms. The van der Waals surface area contributed by atoms with Gasteiger partial charge >= 0.3 is 6.03 Å². The highest BCUT2D eigenvalue weighted by Gasteiger charge is 2.38. The lowest BCUT2D eigenvalue weighted by Gasteiger charge is -2.26. The third-order valence-corrected chi connectivity index (χ3v) is 4.91. The normalized spacial score (nSPS) is 15.6. The summed E-state index contributed by atoms with van der Waals surface area (Å²) in [6, 6.07) is 7.62. The molecule has 1 N–H and O–H groups in total. The van der Waals surface area contributed by atoms with Crippen molar-refractivity contribution in [1.29, 1.82) is 0 Å². The molecule has 1 heterocycles. The van der Waals surface area contributed by atoms with E-state index in [9.17, 15) is 18.8 Å². The summed E-state index contributed by atoms with van der Waals surface area (Å²) in [7, 11) is 1.48. The van der Waals surface area contributed by atoms with Crippen molar-refractivity contribution < 1.29 is 28.2 Å². The van der Waals surface area contributed by atoms with Gasteiger partial charge in [0.1, 0.15) is 11.4 Å². The van der Waals surface area contributed by atoms with Crippen LogP contribution in [-0.4, -0.2) is 31.1 Å². The van der Waals surface area contributed by atoms with E-state index >= 15 is 0 Å². The first-order valence-electron chi connectivity index (χ1n) is 8.93. The summed E-state index contributed by atoms with van der Waals surface area (Å²) in [6.07, 6.45) is 1.24. The van der Waals surface area contributed by atoms with Gasteiger partial charge in [-0.05, 0) is 72.3 Å². The van der Waals surface area contributed by atoms with Crippen LogP contribution >= 0.6 is 22.6 Å². The average Bonchev–Trinajstić information content (AvgIpc) is 2.68. The third kappa shape index (κ3) is 4.30. The van der Waals surface area contributed by atoms with Gasteiger partial charge < -0.3 is 9.47 Å². The number of imide groups is 2. The van der Waals surface area contributed by atoms with E-state index in [1.807, 2.05) is 13.8 Å². The molecular formula is C21H18FIN2O5. The van der Waals surface area contributed by atoms with E-state index in [-0.39, 0.29) is 17.4 Å². The molecule has 0 aliphatic carbocycles. The molecule has 2 aromatic rings. The van der Waals surface area contributed by atoms with Gasteiger partial charge in [-0.2, -0.15) is 0 Å². The minimum Gasteiger partial charge on any atom is -0.493 e. The molecule has 30 heavy (non-hydrogen) atoms. The smallest absolute Gasteiger partial charge is 0.336 e.